The molecule has 0 aliphatic carbocycles. The summed E-state index contributed by atoms with van der Waals surface area (Å²) >= 11 is 0. The van der Waals surface area contributed by atoms with Crippen LogP contribution in [0.15, 0.2) is 60.7 Å². The number of carbonyl (C=O) groups excluding carboxylic acids is 4. The number of piperazine rings is 1. The Bertz CT molecular complexity index is 941. The van der Waals surface area contributed by atoms with Crippen molar-refractivity contribution >= 4 is 29.3 Å². The average molecular weight is 452 g/mol. The molecular weight excluding hydrogens is 422 g/mol. The molecular formula is C25H29N3O5. The third kappa shape index (κ3) is 7.75. The largest absolute Gasteiger partial charge is 0.456 e. The van der Waals surface area contributed by atoms with Gasteiger partial charge in [0.2, 0.25) is 5.91 Å². The Morgan fingerprint density at radius 2 is 1.42 bits per heavy atom. The average Bonchev–Trinajstić information content (AvgIpc) is 2.87. The number of hydrogen-bond donors (Lipinski definition) is 1. The minimum atomic E-state index is -0.549. The first kappa shape index (κ1) is 24.0. The Labute approximate surface area is 193 Å². The van der Waals surface area contributed by atoms with E-state index in [1.165, 1.54) is 0 Å². The first-order valence-corrected chi connectivity index (χ1v) is 11.1. The molecule has 2 amide bonds. The van der Waals surface area contributed by atoms with Gasteiger partial charge in [0, 0.05) is 56.8 Å². The second kappa shape index (κ2) is 12.4. The third-order valence-corrected chi connectivity index (χ3v) is 5.44. The first-order chi connectivity index (χ1) is 16.0. The van der Waals surface area contributed by atoms with E-state index in [-0.39, 0.29) is 50.0 Å². The fraction of sp³-hybridized carbons (Fsp3) is 0.360. The van der Waals surface area contributed by atoms with E-state index in [2.05, 4.69) is 10.2 Å². The molecule has 33 heavy (non-hydrogen) atoms. The van der Waals surface area contributed by atoms with Crippen LogP contribution < -0.4 is 10.2 Å². The molecule has 2 aromatic rings. The normalized spacial score (nSPS) is 13.3. The summed E-state index contributed by atoms with van der Waals surface area (Å²) in [5.74, 6) is -1.18. The van der Waals surface area contributed by atoms with Gasteiger partial charge in [0.15, 0.2) is 12.4 Å². The van der Waals surface area contributed by atoms with Crippen LogP contribution in [0.5, 0.6) is 0 Å². The predicted octanol–water partition coefficient (Wildman–Crippen LogP) is 2.05. The molecule has 1 saturated heterocycles. The van der Waals surface area contributed by atoms with Crippen LogP contribution >= 0.6 is 0 Å². The molecule has 0 unspecified atom stereocenters. The van der Waals surface area contributed by atoms with Crippen LogP contribution in [-0.4, -0.2) is 67.8 Å². The lowest BCUT2D eigenvalue weighted by Crippen LogP contribution is -2.49. The number of Topliss-reactive ketones (excluding diaryl/α,β-unsaturated/α-hetero) is 1. The van der Waals surface area contributed by atoms with Crippen molar-refractivity contribution in [2.24, 2.45) is 0 Å². The SMILES string of the molecule is O=C(CCC(=O)c1ccccc1)NCCC(=O)OCC(=O)N1CCN(c2ccccc2)CC1. The fourth-order valence-electron chi connectivity index (χ4n) is 3.55. The number of nitrogens with one attached hydrogen (secondary N) is 1. The number of benzene rings is 2. The highest BCUT2D eigenvalue weighted by molar-refractivity contribution is 5.97. The van der Waals surface area contributed by atoms with Crippen LogP contribution in [0, 0.1) is 0 Å². The summed E-state index contributed by atoms with van der Waals surface area (Å²) in [7, 11) is 0. The summed E-state index contributed by atoms with van der Waals surface area (Å²) in [4.78, 5) is 52.0. The number of carbonyl (C=O) groups is 4. The van der Waals surface area contributed by atoms with Crippen LogP contribution in [-0.2, 0) is 19.1 Å². The highest BCUT2D eigenvalue weighted by atomic mass is 16.5. The predicted molar refractivity (Wildman–Crippen MR) is 124 cm³/mol. The summed E-state index contributed by atoms with van der Waals surface area (Å²) in [5.41, 5.74) is 1.70. The molecule has 1 N–H and O–H groups in total. The molecule has 1 heterocycles. The highest BCUT2D eigenvalue weighted by Gasteiger charge is 2.22. The summed E-state index contributed by atoms with van der Waals surface area (Å²) in [6, 6.07) is 18.8. The summed E-state index contributed by atoms with van der Waals surface area (Å²) in [6.45, 7) is 2.39. The molecule has 0 aromatic heterocycles. The number of hydrogen-bond acceptors (Lipinski definition) is 6. The van der Waals surface area contributed by atoms with E-state index in [9.17, 15) is 19.2 Å². The van der Waals surface area contributed by atoms with Gasteiger partial charge in [-0.1, -0.05) is 48.5 Å². The standard InChI is InChI=1S/C25H29N3O5/c29-22(20-7-3-1-4-8-20)11-12-23(30)26-14-13-25(32)33-19-24(31)28-17-15-27(16-18-28)21-9-5-2-6-10-21/h1-10H,11-19H2,(H,26,30). The van der Waals surface area contributed by atoms with Crippen molar-refractivity contribution in [2.45, 2.75) is 19.3 Å². The molecule has 0 spiro atoms. The second-order valence-electron chi connectivity index (χ2n) is 7.75. The maximum Gasteiger partial charge on any atom is 0.308 e. The van der Waals surface area contributed by atoms with Gasteiger partial charge in [0.05, 0.1) is 6.42 Å². The van der Waals surface area contributed by atoms with Gasteiger partial charge in [-0.3, -0.25) is 19.2 Å². The van der Waals surface area contributed by atoms with Crippen molar-refractivity contribution in [1.82, 2.24) is 10.2 Å². The monoisotopic (exact) mass is 451 g/mol. The molecule has 1 fully saturated rings. The molecule has 0 atom stereocenters. The van der Waals surface area contributed by atoms with E-state index in [0.717, 1.165) is 18.8 Å². The zero-order valence-electron chi connectivity index (χ0n) is 18.6. The lowest BCUT2D eigenvalue weighted by Gasteiger charge is -2.36. The van der Waals surface area contributed by atoms with Crippen LogP contribution in [0.3, 0.4) is 0 Å². The molecule has 1 aliphatic heterocycles. The minimum absolute atomic E-state index is 0.0343. The zero-order chi connectivity index (χ0) is 23.5. The molecule has 174 valence electrons. The van der Waals surface area contributed by atoms with E-state index in [1.807, 2.05) is 36.4 Å². The van der Waals surface area contributed by atoms with Crippen LogP contribution in [0.4, 0.5) is 5.69 Å². The second-order valence-corrected chi connectivity index (χ2v) is 7.75. The van der Waals surface area contributed by atoms with Crippen molar-refractivity contribution in [3.63, 3.8) is 0 Å². The van der Waals surface area contributed by atoms with Gasteiger partial charge in [-0.2, -0.15) is 0 Å². The van der Waals surface area contributed by atoms with Crippen molar-refractivity contribution in [3.8, 4) is 0 Å². The Balaban J connectivity index is 1.26. The van der Waals surface area contributed by atoms with Crippen molar-refractivity contribution < 1.29 is 23.9 Å². The van der Waals surface area contributed by atoms with Gasteiger partial charge in [0.1, 0.15) is 0 Å². The zero-order valence-corrected chi connectivity index (χ0v) is 18.6. The van der Waals surface area contributed by atoms with E-state index in [4.69, 9.17) is 4.74 Å². The quantitative estimate of drug-likeness (QED) is 0.439. The van der Waals surface area contributed by atoms with Crippen LogP contribution in [0.25, 0.3) is 0 Å². The number of amides is 2. The lowest BCUT2D eigenvalue weighted by atomic mass is 10.1. The summed E-state index contributed by atoms with van der Waals surface area (Å²) in [5, 5.41) is 2.60. The summed E-state index contributed by atoms with van der Waals surface area (Å²) < 4.78 is 5.06. The van der Waals surface area contributed by atoms with Gasteiger partial charge in [-0.05, 0) is 12.1 Å². The smallest absolute Gasteiger partial charge is 0.308 e. The third-order valence-electron chi connectivity index (χ3n) is 5.44. The molecule has 1 aliphatic rings. The van der Waals surface area contributed by atoms with Gasteiger partial charge in [-0.25, -0.2) is 0 Å². The Hall–Kier alpha value is -3.68. The topological polar surface area (TPSA) is 96.0 Å². The maximum absolute atomic E-state index is 12.3. The summed E-state index contributed by atoms with van der Waals surface area (Å²) in [6.07, 6.45) is 0.121. The van der Waals surface area contributed by atoms with Gasteiger partial charge in [-0.15, -0.1) is 0 Å². The molecule has 0 saturated carbocycles. The van der Waals surface area contributed by atoms with Gasteiger partial charge < -0.3 is 19.9 Å². The van der Waals surface area contributed by atoms with Crippen molar-refractivity contribution in [2.75, 3.05) is 44.2 Å². The van der Waals surface area contributed by atoms with Crippen molar-refractivity contribution in [3.05, 3.63) is 66.2 Å². The van der Waals surface area contributed by atoms with Crippen LogP contribution in [0.1, 0.15) is 29.6 Å². The molecule has 2 aromatic carbocycles. The molecule has 8 heteroatoms. The molecule has 0 radical (unpaired) electrons. The maximum atomic E-state index is 12.3. The first-order valence-electron chi connectivity index (χ1n) is 11.1. The number of rotatable bonds is 10. The van der Waals surface area contributed by atoms with E-state index < -0.39 is 5.97 Å². The Morgan fingerprint density at radius 3 is 2.09 bits per heavy atom. The Morgan fingerprint density at radius 1 is 0.788 bits per heavy atom. The lowest BCUT2D eigenvalue weighted by molar-refractivity contribution is -0.152. The van der Waals surface area contributed by atoms with Crippen LogP contribution in [0.2, 0.25) is 0 Å². The highest BCUT2D eigenvalue weighted by Crippen LogP contribution is 2.15. The number of ketones is 1. The van der Waals surface area contributed by atoms with E-state index in [1.54, 1.807) is 29.2 Å². The number of esters is 1. The van der Waals surface area contributed by atoms with E-state index >= 15 is 0 Å². The molecule has 3 rings (SSSR count). The minimum Gasteiger partial charge on any atom is -0.456 e. The molecule has 0 bridgehead atoms. The fourth-order valence-corrected chi connectivity index (χ4v) is 3.55. The number of anilines is 1. The number of nitrogens with zero attached hydrogens (tertiary/aromatic N) is 2. The molecule has 8 nitrogen and oxygen atoms in total. The Kier molecular flexibility index (Phi) is 8.99. The van der Waals surface area contributed by atoms with E-state index in [0.29, 0.717) is 18.7 Å². The van der Waals surface area contributed by atoms with Gasteiger partial charge in [0.25, 0.3) is 5.91 Å². The number of para-hydroxylation sites is 1. The van der Waals surface area contributed by atoms with Gasteiger partial charge >= 0.3 is 5.97 Å². The van der Waals surface area contributed by atoms with Crippen molar-refractivity contribution in [1.29, 1.82) is 0 Å². The number of ether oxygens (including phenoxy) is 1.